The van der Waals surface area contributed by atoms with E-state index in [1.165, 1.54) is 39.2 Å². The molecule has 10 nitrogen and oxygen atoms in total. The molecule has 1 fully saturated rings. The lowest BCUT2D eigenvalue weighted by atomic mass is 9.68. The van der Waals surface area contributed by atoms with E-state index in [4.69, 9.17) is 18.9 Å². The maximum absolute atomic E-state index is 14.6. The third kappa shape index (κ3) is 5.07. The Hall–Kier alpha value is -5.43. The molecule has 0 spiro atoms. The van der Waals surface area contributed by atoms with Gasteiger partial charge in [-0.05, 0) is 60.5 Å². The number of carbonyl (C=O) groups excluding carboxylic acids is 4. The monoisotopic (exact) mass is 594 g/mol. The van der Waals surface area contributed by atoms with Gasteiger partial charge < -0.3 is 23.8 Å². The number of benzene rings is 3. The SMILES string of the molecule is CCOC(=O)[C@@]1(C#N)[C@@H](c2ccc(OC(C)=O)c(OC)c2)[C@@H](C(=O)c2ccc(OC(C)=O)cc2)N2c3ccccc3C=C[C@@H]21. The Morgan fingerprint density at radius 2 is 1.64 bits per heavy atom. The van der Waals surface area contributed by atoms with Crippen molar-refractivity contribution < 1.29 is 38.1 Å². The molecule has 1 saturated heterocycles. The van der Waals surface area contributed by atoms with Crippen molar-refractivity contribution in [2.75, 3.05) is 18.6 Å². The van der Waals surface area contributed by atoms with Crippen LogP contribution in [-0.4, -0.2) is 49.5 Å². The van der Waals surface area contributed by atoms with Crippen LogP contribution in [0.3, 0.4) is 0 Å². The molecule has 0 bridgehead atoms. The summed E-state index contributed by atoms with van der Waals surface area (Å²) in [7, 11) is 1.40. The molecule has 0 saturated carbocycles. The molecule has 224 valence electrons. The number of esters is 3. The highest BCUT2D eigenvalue weighted by atomic mass is 16.6. The highest BCUT2D eigenvalue weighted by molar-refractivity contribution is 6.06. The average molecular weight is 595 g/mol. The van der Waals surface area contributed by atoms with Gasteiger partial charge in [0.25, 0.3) is 0 Å². The van der Waals surface area contributed by atoms with Crippen molar-refractivity contribution in [2.45, 2.75) is 38.8 Å². The molecule has 2 aliphatic heterocycles. The number of hydrogen-bond donors (Lipinski definition) is 0. The van der Waals surface area contributed by atoms with Gasteiger partial charge in [0.2, 0.25) is 0 Å². The number of hydrogen-bond acceptors (Lipinski definition) is 10. The summed E-state index contributed by atoms with van der Waals surface area (Å²) in [6.07, 6.45) is 3.60. The number of nitriles is 1. The minimum absolute atomic E-state index is 0.0208. The molecular weight excluding hydrogens is 564 g/mol. The van der Waals surface area contributed by atoms with Gasteiger partial charge in [-0.1, -0.05) is 36.4 Å². The topological polar surface area (TPSA) is 132 Å². The van der Waals surface area contributed by atoms with Gasteiger partial charge in [-0.2, -0.15) is 5.26 Å². The molecule has 3 aromatic carbocycles. The van der Waals surface area contributed by atoms with Crippen molar-refractivity contribution in [3.8, 4) is 23.3 Å². The first kappa shape index (κ1) is 30.0. The number of carbonyl (C=O) groups is 4. The van der Waals surface area contributed by atoms with E-state index in [2.05, 4.69) is 6.07 Å². The third-order valence-electron chi connectivity index (χ3n) is 7.81. The van der Waals surface area contributed by atoms with E-state index >= 15 is 0 Å². The molecule has 2 aliphatic rings. The average Bonchev–Trinajstić information content (AvgIpc) is 3.32. The number of rotatable bonds is 8. The minimum atomic E-state index is -1.87. The molecule has 0 N–H and O–H groups in total. The maximum atomic E-state index is 14.6. The van der Waals surface area contributed by atoms with Crippen LogP contribution in [0.1, 0.15) is 48.2 Å². The van der Waals surface area contributed by atoms with Crippen molar-refractivity contribution in [1.29, 1.82) is 5.26 Å². The number of methoxy groups -OCH3 is 1. The lowest BCUT2D eigenvalue weighted by Crippen LogP contribution is -2.47. The number of ketones is 1. The summed E-state index contributed by atoms with van der Waals surface area (Å²) in [6, 6.07) is 18.6. The predicted octanol–water partition coefficient (Wildman–Crippen LogP) is 4.87. The molecule has 5 rings (SSSR count). The second-order valence-corrected chi connectivity index (χ2v) is 10.4. The lowest BCUT2D eigenvalue weighted by Gasteiger charge is -2.36. The van der Waals surface area contributed by atoms with E-state index < -0.39 is 41.3 Å². The number of ether oxygens (including phenoxy) is 4. The predicted molar refractivity (Wildman–Crippen MR) is 159 cm³/mol. The van der Waals surface area contributed by atoms with Crippen LogP contribution in [0.4, 0.5) is 5.69 Å². The fraction of sp³-hybridized carbons (Fsp3) is 0.265. The number of nitrogens with zero attached hydrogens (tertiary/aromatic N) is 2. The molecular formula is C34H30N2O8. The first-order chi connectivity index (χ1) is 21.2. The first-order valence-corrected chi connectivity index (χ1v) is 14.0. The van der Waals surface area contributed by atoms with Gasteiger partial charge in [0, 0.05) is 31.0 Å². The van der Waals surface area contributed by atoms with Gasteiger partial charge in [-0.15, -0.1) is 0 Å². The van der Waals surface area contributed by atoms with E-state index in [0.29, 0.717) is 11.3 Å². The second-order valence-electron chi connectivity index (χ2n) is 10.4. The standard InChI is InChI=1S/C34H30N2O8/c1-5-42-33(40)34(19-35)29-17-13-22-8-6-7-9-26(22)36(29)31(32(39)23-10-14-25(15-11-23)43-20(2)37)30(34)24-12-16-27(44-21(3)38)28(18-24)41-4/h6-18,29-31H,5H2,1-4H3/t29-,30+,31+,34-/m1/s1. The number of Topliss-reactive ketones (excluding diaryl/α,β-unsaturated/α-hetero) is 1. The van der Waals surface area contributed by atoms with Crippen molar-refractivity contribution >= 4 is 35.5 Å². The molecule has 0 aliphatic carbocycles. The Kier molecular flexibility index (Phi) is 8.23. The van der Waals surface area contributed by atoms with Crippen LogP contribution in [0.25, 0.3) is 6.08 Å². The lowest BCUT2D eigenvalue weighted by molar-refractivity contribution is -0.152. The van der Waals surface area contributed by atoms with Crippen molar-refractivity contribution in [2.24, 2.45) is 5.41 Å². The van der Waals surface area contributed by atoms with Crippen LogP contribution in [-0.2, 0) is 19.1 Å². The van der Waals surface area contributed by atoms with Crippen molar-refractivity contribution in [3.63, 3.8) is 0 Å². The smallest absolute Gasteiger partial charge is 0.329 e. The summed E-state index contributed by atoms with van der Waals surface area (Å²) >= 11 is 0. The van der Waals surface area contributed by atoms with Gasteiger partial charge in [0.05, 0.1) is 25.8 Å². The van der Waals surface area contributed by atoms with Crippen molar-refractivity contribution in [1.82, 2.24) is 0 Å². The molecule has 2 heterocycles. The van der Waals surface area contributed by atoms with Crippen LogP contribution >= 0.6 is 0 Å². The molecule has 3 aromatic rings. The number of anilines is 1. The van der Waals surface area contributed by atoms with E-state index in [1.807, 2.05) is 35.2 Å². The Morgan fingerprint density at radius 3 is 2.27 bits per heavy atom. The molecule has 4 atom stereocenters. The fourth-order valence-electron chi connectivity index (χ4n) is 6.13. The van der Waals surface area contributed by atoms with Gasteiger partial charge in [-0.3, -0.25) is 19.2 Å². The summed E-state index contributed by atoms with van der Waals surface area (Å²) in [5.74, 6) is -2.66. The molecule has 10 heteroatoms. The summed E-state index contributed by atoms with van der Waals surface area (Å²) in [6.45, 7) is 4.21. The Morgan fingerprint density at radius 1 is 0.932 bits per heavy atom. The Bertz CT molecular complexity index is 1710. The van der Waals surface area contributed by atoms with Gasteiger partial charge >= 0.3 is 17.9 Å². The highest BCUT2D eigenvalue weighted by Gasteiger charge is 2.67. The summed E-state index contributed by atoms with van der Waals surface area (Å²) in [5, 5.41) is 11.0. The van der Waals surface area contributed by atoms with Gasteiger partial charge in [-0.25, -0.2) is 0 Å². The Balaban J connectivity index is 1.76. The zero-order chi connectivity index (χ0) is 31.6. The zero-order valence-corrected chi connectivity index (χ0v) is 24.6. The van der Waals surface area contributed by atoms with Crippen LogP contribution in [0, 0.1) is 16.7 Å². The largest absolute Gasteiger partial charge is 0.493 e. The van der Waals surface area contributed by atoms with E-state index in [-0.39, 0.29) is 35.2 Å². The van der Waals surface area contributed by atoms with E-state index in [1.54, 1.807) is 37.3 Å². The van der Waals surface area contributed by atoms with Crippen LogP contribution < -0.4 is 19.1 Å². The summed E-state index contributed by atoms with van der Waals surface area (Å²) in [5.41, 5.74) is 0.326. The molecule has 0 unspecified atom stereocenters. The van der Waals surface area contributed by atoms with Crippen LogP contribution in [0.2, 0.25) is 0 Å². The normalized spacial score (nSPS) is 21.3. The van der Waals surface area contributed by atoms with Gasteiger partial charge in [0.1, 0.15) is 11.8 Å². The van der Waals surface area contributed by atoms with E-state index in [9.17, 15) is 24.4 Å². The fourth-order valence-corrected chi connectivity index (χ4v) is 6.13. The quantitative estimate of drug-likeness (QED) is 0.202. The van der Waals surface area contributed by atoms with Gasteiger partial charge in [0.15, 0.2) is 22.7 Å². The van der Waals surface area contributed by atoms with Crippen molar-refractivity contribution in [3.05, 3.63) is 89.5 Å². The zero-order valence-electron chi connectivity index (χ0n) is 24.6. The van der Waals surface area contributed by atoms with Crippen LogP contribution in [0.15, 0.2) is 72.8 Å². The third-order valence-corrected chi connectivity index (χ3v) is 7.81. The van der Waals surface area contributed by atoms with E-state index in [0.717, 1.165) is 5.56 Å². The Labute approximate surface area is 254 Å². The number of para-hydroxylation sites is 1. The number of fused-ring (bicyclic) bond motifs is 3. The summed E-state index contributed by atoms with van der Waals surface area (Å²) in [4.78, 5) is 53.7. The van der Waals surface area contributed by atoms with Crippen LogP contribution in [0.5, 0.6) is 17.2 Å². The maximum Gasteiger partial charge on any atom is 0.329 e. The minimum Gasteiger partial charge on any atom is -0.493 e. The highest BCUT2D eigenvalue weighted by Crippen LogP contribution is 2.57. The first-order valence-electron chi connectivity index (χ1n) is 14.0. The second kappa shape index (κ2) is 12.1. The molecule has 0 aromatic heterocycles. The molecule has 0 radical (unpaired) electrons. The summed E-state index contributed by atoms with van der Waals surface area (Å²) < 4.78 is 21.5. The molecule has 44 heavy (non-hydrogen) atoms. The molecule has 0 amide bonds.